The number of alkyl halides is 2. The van der Waals surface area contributed by atoms with Crippen molar-refractivity contribution < 1.29 is 18.3 Å². The average molecular weight is 380 g/mol. The minimum absolute atomic E-state index is 0.0436. The van der Waals surface area contributed by atoms with Gasteiger partial charge in [0, 0.05) is 17.6 Å². The number of carbonyl (C=O) groups excluding carboxylic acids is 1. The molecule has 0 spiro atoms. The molecule has 1 aliphatic rings. The van der Waals surface area contributed by atoms with Gasteiger partial charge in [0.1, 0.15) is 5.75 Å². The van der Waals surface area contributed by atoms with Crippen molar-refractivity contribution in [2.45, 2.75) is 38.3 Å². The van der Waals surface area contributed by atoms with Crippen LogP contribution in [0.1, 0.15) is 24.0 Å². The van der Waals surface area contributed by atoms with Gasteiger partial charge in [-0.05, 0) is 48.6 Å². The summed E-state index contributed by atoms with van der Waals surface area (Å²) < 4.78 is 28.7. The highest BCUT2D eigenvalue weighted by Crippen LogP contribution is 2.26. The van der Waals surface area contributed by atoms with Crippen LogP contribution in [0.25, 0.3) is 0 Å². The van der Waals surface area contributed by atoms with Gasteiger partial charge in [-0.1, -0.05) is 41.9 Å². The van der Waals surface area contributed by atoms with Gasteiger partial charge < -0.3 is 9.64 Å². The molecule has 2 aromatic rings. The molecule has 0 radical (unpaired) electrons. The van der Waals surface area contributed by atoms with Crippen LogP contribution in [0.3, 0.4) is 0 Å². The van der Waals surface area contributed by atoms with Crippen LogP contribution in [0.5, 0.6) is 5.75 Å². The van der Waals surface area contributed by atoms with E-state index in [2.05, 4.69) is 4.74 Å². The lowest BCUT2D eigenvalue weighted by Gasteiger charge is -2.25. The van der Waals surface area contributed by atoms with E-state index in [9.17, 15) is 13.6 Å². The normalized spacial score (nSPS) is 16.9. The number of carbonyl (C=O) groups is 1. The summed E-state index contributed by atoms with van der Waals surface area (Å²) in [7, 11) is 0. The maximum Gasteiger partial charge on any atom is 0.387 e. The van der Waals surface area contributed by atoms with Gasteiger partial charge in [-0.2, -0.15) is 8.78 Å². The van der Waals surface area contributed by atoms with Crippen molar-refractivity contribution in [1.82, 2.24) is 4.90 Å². The number of amides is 1. The van der Waals surface area contributed by atoms with E-state index in [1.54, 1.807) is 12.1 Å². The molecule has 0 aliphatic carbocycles. The molecule has 0 saturated carbocycles. The summed E-state index contributed by atoms with van der Waals surface area (Å²) in [6.45, 7) is -2.11. The van der Waals surface area contributed by atoms with Crippen LogP contribution in [0.4, 0.5) is 8.78 Å². The van der Waals surface area contributed by atoms with Gasteiger partial charge in [0.15, 0.2) is 0 Å². The van der Waals surface area contributed by atoms with Crippen molar-refractivity contribution in [3.05, 3.63) is 64.7 Å². The van der Waals surface area contributed by atoms with E-state index in [0.717, 1.165) is 42.0 Å². The SMILES string of the molecule is O=C(Cc1ccc(OC(F)F)cc1)N1CCCC1Cc1ccccc1Cl. The van der Waals surface area contributed by atoms with Crippen molar-refractivity contribution in [3.63, 3.8) is 0 Å². The highest BCUT2D eigenvalue weighted by Gasteiger charge is 2.29. The first kappa shape index (κ1) is 18.6. The van der Waals surface area contributed by atoms with Crippen LogP contribution in [0.2, 0.25) is 5.02 Å². The molecule has 1 aliphatic heterocycles. The lowest BCUT2D eigenvalue weighted by Crippen LogP contribution is -2.37. The van der Waals surface area contributed by atoms with Crippen LogP contribution in [0, 0.1) is 0 Å². The molecule has 26 heavy (non-hydrogen) atoms. The minimum Gasteiger partial charge on any atom is -0.435 e. The lowest BCUT2D eigenvalue weighted by molar-refractivity contribution is -0.131. The van der Waals surface area contributed by atoms with Gasteiger partial charge >= 0.3 is 6.61 Å². The smallest absolute Gasteiger partial charge is 0.387 e. The number of benzene rings is 2. The fourth-order valence-corrected chi connectivity index (χ4v) is 3.57. The summed E-state index contributed by atoms with van der Waals surface area (Å²) in [6.07, 6.45) is 2.92. The van der Waals surface area contributed by atoms with E-state index in [1.165, 1.54) is 12.1 Å². The van der Waals surface area contributed by atoms with Gasteiger partial charge in [-0.15, -0.1) is 0 Å². The van der Waals surface area contributed by atoms with Crippen LogP contribution in [-0.4, -0.2) is 30.0 Å². The quantitative estimate of drug-likeness (QED) is 0.727. The van der Waals surface area contributed by atoms with E-state index in [4.69, 9.17) is 11.6 Å². The summed E-state index contributed by atoms with van der Waals surface area (Å²) in [5.41, 5.74) is 1.83. The zero-order chi connectivity index (χ0) is 18.5. The molecule has 6 heteroatoms. The van der Waals surface area contributed by atoms with Gasteiger partial charge in [0.05, 0.1) is 6.42 Å². The molecule has 0 aromatic heterocycles. The van der Waals surface area contributed by atoms with Gasteiger partial charge in [-0.25, -0.2) is 0 Å². The molecule has 3 rings (SSSR count). The number of hydrogen-bond acceptors (Lipinski definition) is 2. The number of rotatable bonds is 6. The topological polar surface area (TPSA) is 29.5 Å². The minimum atomic E-state index is -2.85. The van der Waals surface area contributed by atoms with E-state index >= 15 is 0 Å². The molecule has 2 aromatic carbocycles. The van der Waals surface area contributed by atoms with Crippen molar-refractivity contribution >= 4 is 17.5 Å². The van der Waals surface area contributed by atoms with Gasteiger partial charge in [0.2, 0.25) is 5.91 Å². The summed E-state index contributed by atoms with van der Waals surface area (Å²) in [6, 6.07) is 14.1. The number of likely N-dealkylation sites (tertiary alicyclic amines) is 1. The van der Waals surface area contributed by atoms with Crippen molar-refractivity contribution in [2.75, 3.05) is 6.54 Å². The molecule has 138 valence electrons. The number of hydrogen-bond donors (Lipinski definition) is 0. The zero-order valence-electron chi connectivity index (χ0n) is 14.2. The lowest BCUT2D eigenvalue weighted by atomic mass is 10.0. The summed E-state index contributed by atoms with van der Waals surface area (Å²) in [5.74, 6) is 0.135. The number of nitrogens with zero attached hydrogens (tertiary/aromatic N) is 1. The molecular weight excluding hydrogens is 360 g/mol. The maximum atomic E-state index is 12.7. The predicted molar refractivity (Wildman–Crippen MR) is 96.7 cm³/mol. The fourth-order valence-electron chi connectivity index (χ4n) is 3.36. The first-order valence-corrected chi connectivity index (χ1v) is 8.97. The Hall–Kier alpha value is -2.14. The number of ether oxygens (including phenoxy) is 1. The highest BCUT2D eigenvalue weighted by atomic mass is 35.5. The summed E-state index contributed by atoms with van der Waals surface area (Å²) >= 11 is 6.24. The largest absolute Gasteiger partial charge is 0.435 e. The first-order valence-electron chi connectivity index (χ1n) is 8.59. The van der Waals surface area contributed by atoms with Crippen molar-refractivity contribution in [3.8, 4) is 5.75 Å². The van der Waals surface area contributed by atoms with Crippen LogP contribution in [0.15, 0.2) is 48.5 Å². The molecule has 1 fully saturated rings. The fraction of sp³-hybridized carbons (Fsp3) is 0.350. The molecule has 3 nitrogen and oxygen atoms in total. The van der Waals surface area contributed by atoms with Crippen LogP contribution < -0.4 is 4.74 Å². The first-order chi connectivity index (χ1) is 12.5. The van der Waals surface area contributed by atoms with Gasteiger partial charge in [-0.3, -0.25) is 4.79 Å². The Labute approximate surface area is 156 Å². The van der Waals surface area contributed by atoms with Crippen molar-refractivity contribution in [2.24, 2.45) is 0 Å². The molecule has 1 unspecified atom stereocenters. The monoisotopic (exact) mass is 379 g/mol. The third-order valence-electron chi connectivity index (χ3n) is 4.61. The Bertz CT molecular complexity index is 752. The third kappa shape index (κ3) is 4.73. The molecule has 0 bridgehead atoms. The molecule has 0 N–H and O–H groups in total. The second kappa shape index (κ2) is 8.49. The number of halogens is 3. The Morgan fingerprint density at radius 3 is 2.62 bits per heavy atom. The summed E-state index contributed by atoms with van der Waals surface area (Å²) in [5, 5.41) is 0.724. The molecule has 1 atom stereocenters. The van der Waals surface area contributed by atoms with E-state index in [1.807, 2.05) is 29.2 Å². The Balaban J connectivity index is 1.62. The highest BCUT2D eigenvalue weighted by molar-refractivity contribution is 6.31. The molecule has 1 amide bonds. The van der Waals surface area contributed by atoms with E-state index in [-0.39, 0.29) is 24.1 Å². The third-order valence-corrected chi connectivity index (χ3v) is 4.98. The Kier molecular flexibility index (Phi) is 6.09. The zero-order valence-corrected chi connectivity index (χ0v) is 15.0. The predicted octanol–water partition coefficient (Wildman–Crippen LogP) is 4.72. The Morgan fingerprint density at radius 2 is 1.92 bits per heavy atom. The molecule has 1 heterocycles. The molecular formula is C20H20ClF2NO2. The standard InChI is InChI=1S/C20H20ClF2NO2/c21-18-6-2-1-4-15(18)13-16-5-3-11-24(16)19(25)12-14-7-9-17(10-8-14)26-20(22)23/h1-2,4,6-10,16,20H,3,5,11-13H2. The van der Waals surface area contributed by atoms with Crippen molar-refractivity contribution in [1.29, 1.82) is 0 Å². The van der Waals surface area contributed by atoms with Gasteiger partial charge in [0.25, 0.3) is 0 Å². The second-order valence-corrected chi connectivity index (χ2v) is 6.79. The van der Waals surface area contributed by atoms with E-state index < -0.39 is 6.61 Å². The average Bonchev–Trinajstić information content (AvgIpc) is 3.06. The van der Waals surface area contributed by atoms with Crippen LogP contribution in [-0.2, 0) is 17.6 Å². The van der Waals surface area contributed by atoms with E-state index in [0.29, 0.717) is 0 Å². The van der Waals surface area contributed by atoms with Crippen LogP contribution >= 0.6 is 11.6 Å². The molecule has 1 saturated heterocycles. The Morgan fingerprint density at radius 1 is 1.19 bits per heavy atom. The second-order valence-electron chi connectivity index (χ2n) is 6.38. The summed E-state index contributed by atoms with van der Waals surface area (Å²) in [4.78, 5) is 14.6. The maximum absolute atomic E-state index is 12.7.